The van der Waals surface area contributed by atoms with Gasteiger partial charge in [0.25, 0.3) is 0 Å². The second kappa shape index (κ2) is 6.89. The van der Waals surface area contributed by atoms with E-state index in [0.29, 0.717) is 6.54 Å². The quantitative estimate of drug-likeness (QED) is 0.764. The van der Waals surface area contributed by atoms with Crippen LogP contribution in [0, 0.1) is 13.8 Å². The molecule has 0 fully saturated rings. The Bertz CT molecular complexity index is 476. The molecule has 1 heterocycles. The molecular formula is C12H16N2O4S. The van der Waals surface area contributed by atoms with Crippen molar-refractivity contribution in [2.24, 2.45) is 0 Å². The van der Waals surface area contributed by atoms with Crippen LogP contribution in [0.5, 0.6) is 0 Å². The summed E-state index contributed by atoms with van der Waals surface area (Å²) in [6.07, 6.45) is -0.498. The second-order valence-corrected chi connectivity index (χ2v) is 5.42. The van der Waals surface area contributed by atoms with Crippen molar-refractivity contribution < 1.29 is 19.5 Å². The average molecular weight is 284 g/mol. The first-order valence-electron chi connectivity index (χ1n) is 5.74. The van der Waals surface area contributed by atoms with Crippen LogP contribution in [0.1, 0.15) is 28.2 Å². The zero-order chi connectivity index (χ0) is 14.4. The summed E-state index contributed by atoms with van der Waals surface area (Å²) in [6, 6.07) is 1.37. The maximum Gasteiger partial charge on any atom is 0.321 e. The standard InChI is InChI=1S/C12H16N2O4S/c1-7-5-9(19-8(7)2)6-13-12(18)14-10(15)3-4-11(16)17/h5H,3-4,6H2,1-2H3,(H,16,17)(H2,13,14,15,18). The van der Waals surface area contributed by atoms with Crippen LogP contribution in [0.15, 0.2) is 6.07 Å². The fourth-order valence-corrected chi connectivity index (χ4v) is 2.35. The Morgan fingerprint density at radius 3 is 2.47 bits per heavy atom. The van der Waals surface area contributed by atoms with Gasteiger partial charge in [-0.25, -0.2) is 4.79 Å². The molecule has 1 aromatic heterocycles. The molecule has 0 bridgehead atoms. The van der Waals surface area contributed by atoms with Crippen LogP contribution in [0.3, 0.4) is 0 Å². The van der Waals surface area contributed by atoms with Crippen molar-refractivity contribution in [3.63, 3.8) is 0 Å². The van der Waals surface area contributed by atoms with Crippen molar-refractivity contribution in [1.29, 1.82) is 0 Å². The van der Waals surface area contributed by atoms with Gasteiger partial charge in [-0.3, -0.25) is 14.9 Å². The van der Waals surface area contributed by atoms with Gasteiger partial charge in [0.1, 0.15) is 0 Å². The van der Waals surface area contributed by atoms with Crippen molar-refractivity contribution in [3.05, 3.63) is 21.4 Å². The van der Waals surface area contributed by atoms with Gasteiger partial charge < -0.3 is 10.4 Å². The number of rotatable bonds is 5. The van der Waals surface area contributed by atoms with Crippen LogP contribution in [-0.2, 0) is 16.1 Å². The molecule has 0 saturated carbocycles. The zero-order valence-corrected chi connectivity index (χ0v) is 11.6. The summed E-state index contributed by atoms with van der Waals surface area (Å²) >= 11 is 1.58. The van der Waals surface area contributed by atoms with Gasteiger partial charge in [-0.2, -0.15) is 0 Å². The second-order valence-electron chi connectivity index (χ2n) is 4.08. The Morgan fingerprint density at radius 1 is 1.26 bits per heavy atom. The number of carboxylic acid groups (broad SMARTS) is 1. The Morgan fingerprint density at radius 2 is 1.95 bits per heavy atom. The molecule has 104 valence electrons. The van der Waals surface area contributed by atoms with Crippen molar-refractivity contribution in [2.75, 3.05) is 0 Å². The Balaban J connectivity index is 2.31. The molecule has 1 aromatic rings. The van der Waals surface area contributed by atoms with E-state index in [1.807, 2.05) is 19.9 Å². The molecule has 19 heavy (non-hydrogen) atoms. The van der Waals surface area contributed by atoms with E-state index in [0.717, 1.165) is 4.88 Å². The third-order valence-electron chi connectivity index (χ3n) is 2.46. The van der Waals surface area contributed by atoms with Gasteiger partial charge >= 0.3 is 12.0 Å². The molecule has 0 aliphatic heterocycles. The number of nitrogens with one attached hydrogen (secondary N) is 2. The molecule has 6 nitrogen and oxygen atoms in total. The molecule has 1 rings (SSSR count). The van der Waals surface area contributed by atoms with Crippen LogP contribution < -0.4 is 10.6 Å². The van der Waals surface area contributed by atoms with Gasteiger partial charge in [0.15, 0.2) is 0 Å². The van der Waals surface area contributed by atoms with E-state index in [-0.39, 0.29) is 12.8 Å². The smallest absolute Gasteiger partial charge is 0.321 e. The van der Waals surface area contributed by atoms with E-state index in [2.05, 4.69) is 10.6 Å². The Labute approximate surface area is 114 Å². The van der Waals surface area contributed by atoms with Crippen LogP contribution in [-0.4, -0.2) is 23.0 Å². The van der Waals surface area contributed by atoms with E-state index in [1.54, 1.807) is 11.3 Å². The number of aryl methyl sites for hydroxylation is 2. The lowest BCUT2D eigenvalue weighted by atomic mass is 10.3. The zero-order valence-electron chi connectivity index (χ0n) is 10.8. The number of hydrogen-bond donors (Lipinski definition) is 3. The van der Waals surface area contributed by atoms with Crippen LogP contribution in [0.4, 0.5) is 4.79 Å². The molecule has 0 aromatic carbocycles. The number of hydrogen-bond acceptors (Lipinski definition) is 4. The lowest BCUT2D eigenvalue weighted by molar-refractivity contribution is -0.138. The number of urea groups is 1. The molecule has 0 spiro atoms. The first kappa shape index (κ1) is 15.2. The molecule has 7 heteroatoms. The summed E-state index contributed by atoms with van der Waals surface area (Å²) in [5, 5.41) is 13.0. The van der Waals surface area contributed by atoms with Crippen molar-refractivity contribution in [3.8, 4) is 0 Å². The minimum absolute atomic E-state index is 0.208. The molecule has 0 radical (unpaired) electrons. The molecule has 0 saturated heterocycles. The SMILES string of the molecule is Cc1cc(CNC(=O)NC(=O)CCC(=O)O)sc1C. The van der Waals surface area contributed by atoms with E-state index in [9.17, 15) is 14.4 Å². The summed E-state index contributed by atoms with van der Waals surface area (Å²) in [7, 11) is 0. The van der Waals surface area contributed by atoms with E-state index in [4.69, 9.17) is 5.11 Å². The number of carbonyl (C=O) groups is 3. The first-order chi connectivity index (χ1) is 8.88. The van der Waals surface area contributed by atoms with Crippen molar-refractivity contribution in [2.45, 2.75) is 33.2 Å². The molecular weight excluding hydrogens is 268 g/mol. The summed E-state index contributed by atoms with van der Waals surface area (Å²) in [5.41, 5.74) is 1.17. The van der Waals surface area contributed by atoms with Gasteiger partial charge in [-0.05, 0) is 25.5 Å². The number of aliphatic carboxylic acids is 1. The molecule has 0 aliphatic carbocycles. The third kappa shape index (κ3) is 5.52. The van der Waals surface area contributed by atoms with Gasteiger partial charge in [0, 0.05) is 16.2 Å². The highest BCUT2D eigenvalue weighted by atomic mass is 32.1. The maximum absolute atomic E-state index is 11.4. The van der Waals surface area contributed by atoms with Gasteiger partial charge in [0.05, 0.1) is 13.0 Å². The normalized spacial score (nSPS) is 10.0. The number of carboxylic acids is 1. The predicted molar refractivity (Wildman–Crippen MR) is 71.0 cm³/mol. The topological polar surface area (TPSA) is 95.5 Å². The average Bonchev–Trinajstić information content (AvgIpc) is 2.64. The molecule has 0 aliphatic rings. The maximum atomic E-state index is 11.4. The largest absolute Gasteiger partial charge is 0.481 e. The lowest BCUT2D eigenvalue weighted by Crippen LogP contribution is -2.39. The van der Waals surface area contributed by atoms with Gasteiger partial charge in [0.2, 0.25) is 5.91 Å². The predicted octanol–water partition coefficient (Wildman–Crippen LogP) is 1.56. The Kier molecular flexibility index (Phi) is 5.50. The number of amides is 3. The first-order valence-corrected chi connectivity index (χ1v) is 6.55. The van der Waals surface area contributed by atoms with Crippen molar-refractivity contribution >= 4 is 29.2 Å². The van der Waals surface area contributed by atoms with Crippen LogP contribution in [0.25, 0.3) is 0 Å². The van der Waals surface area contributed by atoms with E-state index >= 15 is 0 Å². The summed E-state index contributed by atoms with van der Waals surface area (Å²) in [6.45, 7) is 4.33. The molecule has 3 N–H and O–H groups in total. The van der Waals surface area contributed by atoms with E-state index < -0.39 is 17.9 Å². The van der Waals surface area contributed by atoms with Crippen LogP contribution in [0.2, 0.25) is 0 Å². The fourth-order valence-electron chi connectivity index (χ4n) is 1.36. The summed E-state index contributed by atoms with van der Waals surface area (Å²) < 4.78 is 0. The summed E-state index contributed by atoms with van der Waals surface area (Å²) in [5.74, 6) is -1.67. The van der Waals surface area contributed by atoms with Crippen molar-refractivity contribution in [1.82, 2.24) is 10.6 Å². The fraction of sp³-hybridized carbons (Fsp3) is 0.417. The highest BCUT2D eigenvalue weighted by Gasteiger charge is 2.10. The van der Waals surface area contributed by atoms with Crippen LogP contribution >= 0.6 is 11.3 Å². The highest BCUT2D eigenvalue weighted by Crippen LogP contribution is 2.20. The minimum Gasteiger partial charge on any atom is -0.481 e. The Hall–Kier alpha value is -1.89. The van der Waals surface area contributed by atoms with E-state index in [1.165, 1.54) is 10.4 Å². The molecule has 0 unspecified atom stereocenters. The lowest BCUT2D eigenvalue weighted by Gasteiger charge is -2.04. The third-order valence-corrected chi connectivity index (χ3v) is 3.61. The molecule has 3 amide bonds. The number of thiophene rings is 1. The highest BCUT2D eigenvalue weighted by molar-refractivity contribution is 7.12. The van der Waals surface area contributed by atoms with Gasteiger partial charge in [-0.15, -0.1) is 11.3 Å². The van der Waals surface area contributed by atoms with Gasteiger partial charge in [-0.1, -0.05) is 0 Å². The molecule has 0 atom stereocenters. The monoisotopic (exact) mass is 284 g/mol. The number of carbonyl (C=O) groups excluding carboxylic acids is 2. The number of imide groups is 1. The summed E-state index contributed by atoms with van der Waals surface area (Å²) in [4.78, 5) is 35.0. The minimum atomic E-state index is -1.07.